The van der Waals surface area contributed by atoms with Crippen LogP contribution in [0.1, 0.15) is 11.1 Å². The van der Waals surface area contributed by atoms with Crippen molar-refractivity contribution >= 4 is 10.8 Å². The van der Waals surface area contributed by atoms with Gasteiger partial charge in [-0.2, -0.15) is 0 Å². The molecule has 0 heterocycles. The van der Waals surface area contributed by atoms with Gasteiger partial charge in [-0.3, -0.25) is 0 Å². The number of hydrogen-bond donors (Lipinski definition) is 1. The van der Waals surface area contributed by atoms with Gasteiger partial charge in [-0.1, -0.05) is 24.3 Å². The molecule has 2 aromatic rings. The lowest BCUT2D eigenvalue weighted by molar-refractivity contribution is 0.475. The van der Waals surface area contributed by atoms with Gasteiger partial charge >= 0.3 is 0 Å². The molecule has 58 valence electrons. The molecule has 1 aliphatic rings. The smallest absolute Gasteiger partial charge is 0.120 e. The first kappa shape index (κ1) is 6.06. The standard InChI is InChI=1S/C11H8O/c12-11-5-7-3-1-2-4-8(7)9-6-10(9)11/h1-5,12H,6H2. The van der Waals surface area contributed by atoms with Gasteiger partial charge in [-0.15, -0.1) is 0 Å². The minimum atomic E-state index is 0.462. The van der Waals surface area contributed by atoms with E-state index >= 15 is 0 Å². The molecule has 0 unspecified atom stereocenters. The molecule has 0 saturated heterocycles. The highest BCUT2D eigenvalue weighted by Gasteiger charge is 2.23. The van der Waals surface area contributed by atoms with Crippen molar-refractivity contribution in [2.45, 2.75) is 6.42 Å². The molecule has 0 aliphatic heterocycles. The first-order chi connectivity index (χ1) is 5.86. The molecule has 0 bridgehead atoms. The summed E-state index contributed by atoms with van der Waals surface area (Å²) in [7, 11) is 0. The van der Waals surface area contributed by atoms with E-state index in [9.17, 15) is 5.11 Å². The summed E-state index contributed by atoms with van der Waals surface area (Å²) in [6.07, 6.45) is 0.972. The SMILES string of the molecule is Oc1cc2ccccc2c2c1C2. The van der Waals surface area contributed by atoms with E-state index in [2.05, 4.69) is 6.07 Å². The van der Waals surface area contributed by atoms with Crippen molar-refractivity contribution in [1.29, 1.82) is 0 Å². The quantitative estimate of drug-likeness (QED) is 0.530. The van der Waals surface area contributed by atoms with E-state index in [1.54, 1.807) is 0 Å². The predicted octanol–water partition coefficient (Wildman–Crippen LogP) is 2.45. The molecular formula is C11H8O. The highest BCUT2D eigenvalue weighted by atomic mass is 16.3. The van der Waals surface area contributed by atoms with Crippen LogP contribution in [0.15, 0.2) is 30.3 Å². The monoisotopic (exact) mass is 156 g/mol. The lowest BCUT2D eigenvalue weighted by atomic mass is 10.1. The van der Waals surface area contributed by atoms with Crippen LogP contribution in [-0.4, -0.2) is 5.11 Å². The number of phenols is 1. The van der Waals surface area contributed by atoms with Gasteiger partial charge in [0.05, 0.1) is 0 Å². The lowest BCUT2D eigenvalue weighted by Crippen LogP contribution is -1.70. The fraction of sp³-hybridized carbons (Fsp3) is 0.0909. The van der Waals surface area contributed by atoms with Crippen LogP contribution >= 0.6 is 0 Å². The molecule has 12 heavy (non-hydrogen) atoms. The molecule has 1 aliphatic carbocycles. The van der Waals surface area contributed by atoms with Gasteiger partial charge in [0.1, 0.15) is 5.75 Å². The van der Waals surface area contributed by atoms with E-state index < -0.39 is 0 Å². The number of hydrogen-bond acceptors (Lipinski definition) is 1. The van der Waals surface area contributed by atoms with Crippen LogP contribution in [0.3, 0.4) is 0 Å². The Hall–Kier alpha value is -1.50. The van der Waals surface area contributed by atoms with Crippen molar-refractivity contribution in [3.05, 3.63) is 41.5 Å². The molecule has 0 spiro atoms. The minimum absolute atomic E-state index is 0.462. The summed E-state index contributed by atoms with van der Waals surface area (Å²) in [6, 6.07) is 10.0. The maximum absolute atomic E-state index is 9.47. The van der Waals surface area contributed by atoms with Gasteiger partial charge in [0.25, 0.3) is 0 Å². The van der Waals surface area contributed by atoms with E-state index in [0.717, 1.165) is 17.4 Å². The van der Waals surface area contributed by atoms with Crippen LogP contribution in [0, 0.1) is 0 Å². The molecule has 0 amide bonds. The van der Waals surface area contributed by atoms with Crippen molar-refractivity contribution in [2.75, 3.05) is 0 Å². The number of benzene rings is 2. The van der Waals surface area contributed by atoms with Gasteiger partial charge in [0.2, 0.25) is 0 Å². The Morgan fingerprint density at radius 3 is 2.83 bits per heavy atom. The molecular weight excluding hydrogens is 148 g/mol. The number of rotatable bonds is 0. The molecule has 1 N–H and O–H groups in total. The molecule has 3 rings (SSSR count). The maximum atomic E-state index is 9.47. The van der Waals surface area contributed by atoms with E-state index in [4.69, 9.17) is 0 Å². The van der Waals surface area contributed by atoms with Crippen LogP contribution in [0.25, 0.3) is 10.8 Å². The minimum Gasteiger partial charge on any atom is -0.508 e. The summed E-state index contributed by atoms with van der Waals surface area (Å²) >= 11 is 0. The Morgan fingerprint density at radius 2 is 1.92 bits per heavy atom. The van der Waals surface area contributed by atoms with E-state index in [1.807, 2.05) is 24.3 Å². The van der Waals surface area contributed by atoms with Crippen molar-refractivity contribution in [2.24, 2.45) is 0 Å². The Morgan fingerprint density at radius 1 is 1.08 bits per heavy atom. The third-order valence-corrected chi connectivity index (χ3v) is 2.48. The van der Waals surface area contributed by atoms with Crippen molar-refractivity contribution < 1.29 is 5.11 Å². The van der Waals surface area contributed by atoms with Crippen LogP contribution < -0.4 is 0 Å². The van der Waals surface area contributed by atoms with Gasteiger partial charge in [-0.25, -0.2) is 0 Å². The second-order valence-electron chi connectivity index (χ2n) is 3.25. The average Bonchev–Trinajstić information content (AvgIpc) is 2.84. The van der Waals surface area contributed by atoms with Crippen molar-refractivity contribution in [3.8, 4) is 5.75 Å². The fourth-order valence-corrected chi connectivity index (χ4v) is 1.77. The fourth-order valence-electron chi connectivity index (χ4n) is 1.77. The van der Waals surface area contributed by atoms with Gasteiger partial charge in [0, 0.05) is 12.0 Å². The average molecular weight is 156 g/mol. The topological polar surface area (TPSA) is 20.2 Å². The Bertz CT molecular complexity index is 472. The number of phenolic OH excluding ortho intramolecular Hbond substituents is 1. The molecule has 1 heteroatoms. The largest absolute Gasteiger partial charge is 0.508 e. The molecule has 0 fully saturated rings. The molecule has 0 radical (unpaired) electrons. The Balaban J connectivity index is 2.53. The number of aromatic hydroxyl groups is 1. The lowest BCUT2D eigenvalue weighted by Gasteiger charge is -1.95. The van der Waals surface area contributed by atoms with Gasteiger partial charge in [-0.05, 0) is 22.4 Å². The Kier molecular flexibility index (Phi) is 0.912. The highest BCUT2D eigenvalue weighted by Crippen LogP contribution is 2.41. The van der Waals surface area contributed by atoms with Crippen LogP contribution in [0.5, 0.6) is 5.75 Å². The first-order valence-corrected chi connectivity index (χ1v) is 4.09. The third-order valence-electron chi connectivity index (χ3n) is 2.48. The molecule has 2 aromatic carbocycles. The third kappa shape index (κ3) is 0.632. The summed E-state index contributed by atoms with van der Waals surface area (Å²) in [5.74, 6) is 0.462. The molecule has 0 atom stereocenters. The molecule has 1 nitrogen and oxygen atoms in total. The van der Waals surface area contributed by atoms with Crippen molar-refractivity contribution in [3.63, 3.8) is 0 Å². The summed E-state index contributed by atoms with van der Waals surface area (Å²) in [6.45, 7) is 0. The van der Waals surface area contributed by atoms with E-state index in [1.165, 1.54) is 10.9 Å². The molecule has 0 aromatic heterocycles. The van der Waals surface area contributed by atoms with E-state index in [0.29, 0.717) is 5.75 Å². The van der Waals surface area contributed by atoms with Crippen LogP contribution in [0.2, 0.25) is 0 Å². The van der Waals surface area contributed by atoms with Gasteiger partial charge in [0.15, 0.2) is 0 Å². The Labute approximate surface area is 70.3 Å². The number of fused-ring (bicyclic) bond motifs is 3. The second kappa shape index (κ2) is 1.81. The molecule has 0 saturated carbocycles. The summed E-state index contributed by atoms with van der Waals surface area (Å²) < 4.78 is 0. The first-order valence-electron chi connectivity index (χ1n) is 4.09. The summed E-state index contributed by atoms with van der Waals surface area (Å²) in [5.41, 5.74) is 2.46. The zero-order chi connectivity index (χ0) is 8.13. The summed E-state index contributed by atoms with van der Waals surface area (Å²) in [4.78, 5) is 0. The van der Waals surface area contributed by atoms with E-state index in [-0.39, 0.29) is 0 Å². The highest BCUT2D eigenvalue weighted by molar-refractivity contribution is 5.92. The second-order valence-corrected chi connectivity index (χ2v) is 3.25. The van der Waals surface area contributed by atoms with Crippen LogP contribution in [0.4, 0.5) is 0 Å². The predicted molar refractivity (Wildman–Crippen MR) is 48.4 cm³/mol. The van der Waals surface area contributed by atoms with Gasteiger partial charge < -0.3 is 5.11 Å². The van der Waals surface area contributed by atoms with Crippen molar-refractivity contribution in [1.82, 2.24) is 0 Å². The zero-order valence-corrected chi connectivity index (χ0v) is 6.54. The summed E-state index contributed by atoms with van der Waals surface area (Å²) in [5, 5.41) is 11.9. The zero-order valence-electron chi connectivity index (χ0n) is 6.54. The van der Waals surface area contributed by atoms with Crippen LogP contribution in [-0.2, 0) is 6.42 Å². The normalized spacial score (nSPS) is 13.0. The maximum Gasteiger partial charge on any atom is 0.120 e.